The highest BCUT2D eigenvalue weighted by Gasteiger charge is 2.35. The maximum atomic E-state index is 13.0. The standard InChI is InChI=1S/C24H15BrCl2N2O5S/c25-17-4-8-21(34-13-14-1-6-19(7-2-14)29(32)33)16(9-17)10-22-23(30)28(24(31)35-22)12-15-3-5-18(26)11-20(15)27/h1-11H,12-13H2/b22-10-. The summed E-state index contributed by atoms with van der Waals surface area (Å²) in [6.07, 6.45) is 1.60. The number of nitro benzene ring substituents is 1. The molecular formula is C24H15BrCl2N2O5S. The highest BCUT2D eigenvalue weighted by Crippen LogP contribution is 2.36. The number of hydrogen-bond acceptors (Lipinski definition) is 6. The van der Waals surface area contributed by atoms with Crippen molar-refractivity contribution in [2.24, 2.45) is 0 Å². The minimum Gasteiger partial charge on any atom is -0.488 e. The monoisotopic (exact) mass is 592 g/mol. The highest BCUT2D eigenvalue weighted by molar-refractivity contribution is 9.10. The summed E-state index contributed by atoms with van der Waals surface area (Å²) in [5.74, 6) is 0.0476. The molecular weight excluding hydrogens is 579 g/mol. The molecule has 1 fully saturated rings. The van der Waals surface area contributed by atoms with Crippen molar-refractivity contribution in [2.75, 3.05) is 0 Å². The fraction of sp³-hybridized carbons (Fsp3) is 0.0833. The summed E-state index contributed by atoms with van der Waals surface area (Å²) in [7, 11) is 0. The van der Waals surface area contributed by atoms with Crippen LogP contribution in [0.3, 0.4) is 0 Å². The number of imide groups is 1. The molecule has 0 saturated carbocycles. The molecule has 0 unspecified atom stereocenters. The summed E-state index contributed by atoms with van der Waals surface area (Å²) in [4.78, 5) is 37.3. The minimum absolute atomic E-state index is 0.00584. The Bertz CT molecular complexity index is 1360. The van der Waals surface area contributed by atoms with Gasteiger partial charge < -0.3 is 4.74 Å². The fourth-order valence-electron chi connectivity index (χ4n) is 3.24. The van der Waals surface area contributed by atoms with Crippen LogP contribution in [-0.4, -0.2) is 21.0 Å². The van der Waals surface area contributed by atoms with E-state index in [0.717, 1.165) is 26.7 Å². The molecule has 1 heterocycles. The average molecular weight is 594 g/mol. The average Bonchev–Trinajstić information content (AvgIpc) is 3.07. The van der Waals surface area contributed by atoms with E-state index in [1.165, 1.54) is 12.1 Å². The Morgan fingerprint density at radius 1 is 1.06 bits per heavy atom. The highest BCUT2D eigenvalue weighted by atomic mass is 79.9. The van der Waals surface area contributed by atoms with Gasteiger partial charge in [0.25, 0.3) is 16.8 Å². The summed E-state index contributed by atoms with van der Waals surface area (Å²) in [5, 5.41) is 11.3. The van der Waals surface area contributed by atoms with Gasteiger partial charge in [-0.15, -0.1) is 0 Å². The summed E-state index contributed by atoms with van der Waals surface area (Å²) in [6.45, 7) is 0.191. The summed E-state index contributed by atoms with van der Waals surface area (Å²) >= 11 is 16.4. The van der Waals surface area contributed by atoms with Crippen molar-refractivity contribution in [1.29, 1.82) is 0 Å². The van der Waals surface area contributed by atoms with Crippen LogP contribution in [0.2, 0.25) is 10.0 Å². The Hall–Kier alpha value is -2.85. The number of non-ortho nitro benzene ring substituents is 1. The first kappa shape index (κ1) is 25.2. The number of rotatable bonds is 7. The Labute approximate surface area is 222 Å². The number of benzene rings is 3. The van der Waals surface area contributed by atoms with Crippen molar-refractivity contribution in [1.82, 2.24) is 4.90 Å². The second kappa shape index (κ2) is 10.8. The Balaban J connectivity index is 1.53. The van der Waals surface area contributed by atoms with Crippen molar-refractivity contribution in [3.8, 4) is 5.75 Å². The van der Waals surface area contributed by atoms with Gasteiger partial charge in [-0.25, -0.2) is 0 Å². The van der Waals surface area contributed by atoms with Crippen LogP contribution in [0.25, 0.3) is 6.08 Å². The SMILES string of the molecule is O=C1S/C(=C\c2cc(Br)ccc2OCc2ccc([N+](=O)[O-])cc2)C(=O)N1Cc1ccc(Cl)cc1Cl. The lowest BCUT2D eigenvalue weighted by atomic mass is 10.1. The molecule has 0 bridgehead atoms. The van der Waals surface area contributed by atoms with Gasteiger partial charge in [-0.2, -0.15) is 0 Å². The van der Waals surface area contributed by atoms with E-state index in [1.807, 2.05) is 0 Å². The van der Waals surface area contributed by atoms with Crippen LogP contribution in [0.1, 0.15) is 16.7 Å². The van der Waals surface area contributed by atoms with Gasteiger partial charge in [0.05, 0.1) is 16.4 Å². The van der Waals surface area contributed by atoms with Crippen LogP contribution < -0.4 is 4.74 Å². The van der Waals surface area contributed by atoms with Crippen LogP contribution >= 0.6 is 50.9 Å². The third kappa shape index (κ3) is 6.05. The zero-order valence-electron chi connectivity index (χ0n) is 17.7. The van der Waals surface area contributed by atoms with E-state index >= 15 is 0 Å². The van der Waals surface area contributed by atoms with Crippen molar-refractivity contribution >= 4 is 73.8 Å². The lowest BCUT2D eigenvalue weighted by molar-refractivity contribution is -0.384. The van der Waals surface area contributed by atoms with Crippen LogP contribution in [0.4, 0.5) is 10.5 Å². The van der Waals surface area contributed by atoms with E-state index in [9.17, 15) is 19.7 Å². The first-order chi connectivity index (χ1) is 16.7. The predicted octanol–water partition coefficient (Wildman–Crippen LogP) is 7.48. The molecule has 3 aromatic rings. The number of halogens is 3. The molecule has 1 aliphatic heterocycles. The van der Waals surface area contributed by atoms with Crippen LogP contribution in [0.5, 0.6) is 5.75 Å². The van der Waals surface area contributed by atoms with Crippen molar-refractivity contribution in [2.45, 2.75) is 13.2 Å². The van der Waals surface area contributed by atoms with Gasteiger partial charge in [0.2, 0.25) is 0 Å². The number of ether oxygens (including phenoxy) is 1. The van der Waals surface area contributed by atoms with E-state index in [1.54, 1.807) is 54.6 Å². The first-order valence-corrected chi connectivity index (χ1v) is 12.4. The van der Waals surface area contributed by atoms with Gasteiger partial charge >= 0.3 is 0 Å². The Morgan fingerprint density at radius 3 is 2.49 bits per heavy atom. The maximum absolute atomic E-state index is 13.0. The molecule has 3 aromatic carbocycles. The topological polar surface area (TPSA) is 89.7 Å². The van der Waals surface area contributed by atoms with Gasteiger partial charge in [0.1, 0.15) is 12.4 Å². The Kier molecular flexibility index (Phi) is 7.81. The quantitative estimate of drug-likeness (QED) is 0.160. The van der Waals surface area contributed by atoms with Crippen LogP contribution in [0, 0.1) is 10.1 Å². The number of amides is 2. The second-order valence-electron chi connectivity index (χ2n) is 7.40. The number of carbonyl (C=O) groups is 2. The van der Waals surface area contributed by atoms with E-state index in [4.69, 9.17) is 27.9 Å². The number of nitro groups is 1. The Morgan fingerprint density at radius 2 is 1.80 bits per heavy atom. The van der Waals surface area contributed by atoms with Gasteiger partial charge in [0, 0.05) is 32.2 Å². The molecule has 0 spiro atoms. The molecule has 2 amide bonds. The lowest BCUT2D eigenvalue weighted by Crippen LogP contribution is -2.27. The molecule has 0 N–H and O–H groups in total. The van der Waals surface area contributed by atoms with E-state index in [-0.39, 0.29) is 23.7 Å². The van der Waals surface area contributed by atoms with Crippen LogP contribution in [0.15, 0.2) is 70.0 Å². The van der Waals surface area contributed by atoms with Crippen molar-refractivity contribution < 1.29 is 19.2 Å². The summed E-state index contributed by atoms with van der Waals surface area (Å²) < 4.78 is 6.68. The maximum Gasteiger partial charge on any atom is 0.293 e. The number of hydrogen-bond donors (Lipinski definition) is 0. The van der Waals surface area contributed by atoms with Crippen molar-refractivity contribution in [3.63, 3.8) is 0 Å². The van der Waals surface area contributed by atoms with Gasteiger partial charge in [0.15, 0.2) is 0 Å². The number of carbonyl (C=O) groups excluding carboxylic acids is 2. The molecule has 1 aliphatic rings. The molecule has 0 aromatic heterocycles. The predicted molar refractivity (Wildman–Crippen MR) is 140 cm³/mol. The van der Waals surface area contributed by atoms with Gasteiger partial charge in [-0.1, -0.05) is 45.2 Å². The fourth-order valence-corrected chi connectivity index (χ4v) is 4.91. The van der Waals surface area contributed by atoms with E-state index < -0.39 is 16.1 Å². The molecule has 35 heavy (non-hydrogen) atoms. The van der Waals surface area contributed by atoms with Gasteiger partial charge in [-0.3, -0.25) is 24.6 Å². The van der Waals surface area contributed by atoms with Crippen molar-refractivity contribution in [3.05, 3.63) is 107 Å². The summed E-state index contributed by atoms with van der Waals surface area (Å²) in [6, 6.07) is 16.2. The second-order valence-corrected chi connectivity index (χ2v) is 10.2. The molecule has 0 radical (unpaired) electrons. The minimum atomic E-state index is -0.467. The number of thioether (sulfide) groups is 1. The zero-order valence-corrected chi connectivity index (χ0v) is 21.7. The zero-order chi connectivity index (χ0) is 25.1. The molecule has 4 rings (SSSR count). The molecule has 7 nitrogen and oxygen atoms in total. The van der Waals surface area contributed by atoms with E-state index in [0.29, 0.717) is 26.9 Å². The third-order valence-corrected chi connectivity index (χ3v) is 7.00. The molecule has 0 atom stereocenters. The molecule has 178 valence electrons. The largest absolute Gasteiger partial charge is 0.488 e. The molecule has 11 heteroatoms. The van der Waals surface area contributed by atoms with E-state index in [2.05, 4.69) is 15.9 Å². The molecule has 1 saturated heterocycles. The third-order valence-electron chi connectivity index (χ3n) is 5.02. The normalized spacial score (nSPS) is 14.6. The van der Waals surface area contributed by atoms with Gasteiger partial charge in [-0.05, 0) is 71.4 Å². The first-order valence-electron chi connectivity index (χ1n) is 10.1. The van der Waals surface area contributed by atoms with Crippen LogP contribution in [-0.2, 0) is 17.9 Å². The smallest absolute Gasteiger partial charge is 0.293 e. The lowest BCUT2D eigenvalue weighted by Gasteiger charge is -2.14. The summed E-state index contributed by atoms with van der Waals surface area (Å²) in [5.41, 5.74) is 1.93. The molecule has 0 aliphatic carbocycles. The number of nitrogens with zero attached hydrogens (tertiary/aromatic N) is 2.